The summed E-state index contributed by atoms with van der Waals surface area (Å²) in [6.07, 6.45) is 7.55. The Morgan fingerprint density at radius 1 is 0.721 bits per heavy atom. The standard InChI is InChI=1S/C35H26N4O3S/c1-36-25-38(29-11-5-3-6-12-29)31-21-17-27(18-22-31)35(33-15-9-10-16-34(33)43(40,41)42)28-19-23-32(24-20-28)39(26-37-2)30-13-7-4-8-14-30/h3-24H,25-26H2/p+1. The fraction of sp³-hybridized carbons (Fsp3) is 0.0571. The van der Waals surface area contributed by atoms with E-state index in [0.29, 0.717) is 11.1 Å². The molecule has 0 atom stereocenters. The van der Waals surface area contributed by atoms with Crippen molar-refractivity contribution in [1.29, 1.82) is 0 Å². The summed E-state index contributed by atoms with van der Waals surface area (Å²) in [5.74, 6) is 0. The quantitative estimate of drug-likeness (QED) is 0.132. The first-order chi connectivity index (χ1) is 20.9. The fourth-order valence-corrected chi connectivity index (χ4v) is 5.67. The van der Waals surface area contributed by atoms with Crippen LogP contribution in [0.4, 0.5) is 17.1 Å². The summed E-state index contributed by atoms with van der Waals surface area (Å²) in [6, 6.07) is 33.2. The molecule has 0 aromatic heterocycles. The summed E-state index contributed by atoms with van der Waals surface area (Å²) in [5.41, 5.74) is 5.79. The molecule has 4 aromatic rings. The van der Waals surface area contributed by atoms with Crippen LogP contribution in [0.3, 0.4) is 0 Å². The van der Waals surface area contributed by atoms with Crippen molar-refractivity contribution >= 4 is 38.5 Å². The van der Waals surface area contributed by atoms with Crippen LogP contribution in [0.2, 0.25) is 0 Å². The molecular formula is C35H27N4O3S+. The van der Waals surface area contributed by atoms with E-state index in [1.54, 1.807) is 18.2 Å². The zero-order chi connectivity index (χ0) is 30.2. The molecule has 0 unspecified atom stereocenters. The lowest BCUT2D eigenvalue weighted by atomic mass is 9.90. The van der Waals surface area contributed by atoms with E-state index in [1.807, 2.05) is 119 Å². The van der Waals surface area contributed by atoms with Crippen LogP contribution in [0.1, 0.15) is 11.1 Å². The molecule has 0 radical (unpaired) electrons. The third-order valence-corrected chi connectivity index (χ3v) is 7.84. The molecule has 5 rings (SSSR count). The molecule has 1 aliphatic carbocycles. The van der Waals surface area contributed by atoms with Crippen molar-refractivity contribution in [2.75, 3.05) is 18.2 Å². The number of nitrogens with zero attached hydrogens (tertiary/aromatic N) is 4. The van der Waals surface area contributed by atoms with Crippen LogP contribution in [0, 0.1) is 13.1 Å². The molecule has 0 bridgehead atoms. The maximum Gasteiger partial charge on any atom is 0.407 e. The highest BCUT2D eigenvalue weighted by Crippen LogP contribution is 2.35. The SMILES string of the molecule is [C-]#[N+]CN(c1ccccc1)c1ccc(C(=C2C=CC(=[N+](C[N+]#[C-])c3ccccc3)C=C2)c2ccccc2S(=O)(=O)O)cc1. The first-order valence-electron chi connectivity index (χ1n) is 13.4. The lowest BCUT2D eigenvalue weighted by Crippen LogP contribution is -2.16. The molecule has 0 saturated heterocycles. The molecule has 1 aliphatic rings. The van der Waals surface area contributed by atoms with Gasteiger partial charge < -0.3 is 0 Å². The Labute approximate surface area is 251 Å². The number of para-hydroxylation sites is 2. The molecule has 7 nitrogen and oxygen atoms in total. The summed E-state index contributed by atoms with van der Waals surface area (Å²) in [4.78, 5) is 8.88. The van der Waals surface area contributed by atoms with E-state index in [9.17, 15) is 13.0 Å². The van der Waals surface area contributed by atoms with Gasteiger partial charge in [0.05, 0.1) is 0 Å². The van der Waals surface area contributed by atoms with Gasteiger partial charge in [-0.2, -0.15) is 8.42 Å². The predicted molar refractivity (Wildman–Crippen MR) is 170 cm³/mol. The molecule has 210 valence electrons. The third kappa shape index (κ3) is 6.52. The first kappa shape index (κ1) is 29.0. The van der Waals surface area contributed by atoms with Gasteiger partial charge in [-0.05, 0) is 59.2 Å². The van der Waals surface area contributed by atoms with E-state index >= 15 is 0 Å². The number of hydrogen-bond donors (Lipinski definition) is 1. The third-order valence-electron chi connectivity index (χ3n) is 6.93. The van der Waals surface area contributed by atoms with Crippen molar-refractivity contribution in [3.63, 3.8) is 0 Å². The Hall–Kier alpha value is -5.54. The summed E-state index contributed by atoms with van der Waals surface area (Å²) in [6.45, 7) is 15.2. The second-order valence-corrected chi connectivity index (χ2v) is 11.0. The Balaban J connectivity index is 1.65. The summed E-state index contributed by atoms with van der Waals surface area (Å²) in [5, 5.41) is 0. The highest BCUT2D eigenvalue weighted by molar-refractivity contribution is 7.86. The van der Waals surface area contributed by atoms with Gasteiger partial charge in [0.2, 0.25) is 11.4 Å². The van der Waals surface area contributed by atoms with Crippen LogP contribution in [-0.4, -0.2) is 36.6 Å². The van der Waals surface area contributed by atoms with Gasteiger partial charge in [0, 0.05) is 41.2 Å². The van der Waals surface area contributed by atoms with E-state index < -0.39 is 10.1 Å². The molecule has 4 aromatic carbocycles. The first-order valence-corrected chi connectivity index (χ1v) is 14.8. The molecule has 0 aliphatic heterocycles. The fourth-order valence-electron chi connectivity index (χ4n) is 4.97. The normalized spacial score (nSPS) is 12.3. The average Bonchev–Trinajstić information content (AvgIpc) is 3.04. The maximum absolute atomic E-state index is 12.4. The lowest BCUT2D eigenvalue weighted by Gasteiger charge is -2.21. The molecular weight excluding hydrogens is 556 g/mol. The minimum atomic E-state index is -4.53. The van der Waals surface area contributed by atoms with Crippen LogP contribution < -0.4 is 4.90 Å². The predicted octanol–water partition coefficient (Wildman–Crippen LogP) is 7.54. The number of rotatable bonds is 8. The van der Waals surface area contributed by atoms with E-state index in [0.717, 1.165) is 33.9 Å². The Bertz CT molecular complexity index is 1930. The molecule has 8 heteroatoms. The van der Waals surface area contributed by atoms with Gasteiger partial charge in [0.25, 0.3) is 16.8 Å². The van der Waals surface area contributed by atoms with E-state index in [-0.39, 0.29) is 18.2 Å². The van der Waals surface area contributed by atoms with E-state index in [2.05, 4.69) is 9.69 Å². The Morgan fingerprint density at radius 2 is 1.30 bits per heavy atom. The average molecular weight is 584 g/mol. The summed E-state index contributed by atoms with van der Waals surface area (Å²) in [7, 11) is -4.53. The van der Waals surface area contributed by atoms with Crippen molar-refractivity contribution < 1.29 is 17.5 Å². The molecule has 1 N–H and O–H groups in total. The highest BCUT2D eigenvalue weighted by atomic mass is 32.2. The summed E-state index contributed by atoms with van der Waals surface area (Å²) < 4.78 is 36.9. The minimum absolute atomic E-state index is 0.134. The topological polar surface area (TPSA) is 69.3 Å². The number of hydrogen-bond acceptors (Lipinski definition) is 3. The van der Waals surface area contributed by atoms with Gasteiger partial charge in [-0.3, -0.25) is 14.3 Å². The lowest BCUT2D eigenvalue weighted by molar-refractivity contribution is -0.427. The van der Waals surface area contributed by atoms with E-state index in [4.69, 9.17) is 13.1 Å². The Kier molecular flexibility index (Phi) is 8.74. The van der Waals surface area contributed by atoms with Gasteiger partial charge in [-0.1, -0.05) is 66.7 Å². The largest absolute Gasteiger partial charge is 0.407 e. The number of anilines is 2. The second-order valence-electron chi connectivity index (χ2n) is 9.57. The van der Waals surface area contributed by atoms with Gasteiger partial charge in [0.1, 0.15) is 4.90 Å². The van der Waals surface area contributed by atoms with Gasteiger partial charge in [-0.15, -0.1) is 4.58 Å². The van der Waals surface area contributed by atoms with Gasteiger partial charge in [-0.25, -0.2) is 18.0 Å². The zero-order valence-corrected chi connectivity index (χ0v) is 23.9. The molecule has 0 fully saturated rings. The maximum atomic E-state index is 12.4. The van der Waals surface area contributed by atoms with Crippen LogP contribution in [0.15, 0.2) is 144 Å². The van der Waals surface area contributed by atoms with Gasteiger partial charge in [0.15, 0.2) is 0 Å². The van der Waals surface area contributed by atoms with Crippen molar-refractivity contribution in [3.8, 4) is 0 Å². The number of benzene rings is 4. The van der Waals surface area contributed by atoms with Crippen molar-refractivity contribution in [2.45, 2.75) is 4.90 Å². The van der Waals surface area contributed by atoms with Crippen molar-refractivity contribution in [2.24, 2.45) is 0 Å². The highest BCUT2D eigenvalue weighted by Gasteiger charge is 2.23. The Morgan fingerprint density at radius 3 is 1.91 bits per heavy atom. The molecule has 43 heavy (non-hydrogen) atoms. The molecule has 0 amide bonds. The zero-order valence-electron chi connectivity index (χ0n) is 23.1. The molecule has 0 saturated carbocycles. The van der Waals surface area contributed by atoms with Crippen LogP contribution in [-0.2, 0) is 10.1 Å². The second kappa shape index (κ2) is 13.0. The van der Waals surface area contributed by atoms with Crippen LogP contribution in [0.5, 0.6) is 0 Å². The smallest absolute Gasteiger partial charge is 0.293 e. The summed E-state index contributed by atoms with van der Waals surface area (Å²) >= 11 is 0. The van der Waals surface area contributed by atoms with Crippen LogP contribution >= 0.6 is 0 Å². The number of allylic oxidation sites excluding steroid dienone is 5. The monoisotopic (exact) mass is 583 g/mol. The van der Waals surface area contributed by atoms with Crippen molar-refractivity contribution in [3.05, 3.63) is 173 Å². The molecule has 0 spiro atoms. The molecule has 0 heterocycles. The van der Waals surface area contributed by atoms with E-state index in [1.165, 1.54) is 6.07 Å². The minimum Gasteiger partial charge on any atom is -0.293 e. The van der Waals surface area contributed by atoms with Crippen LogP contribution in [0.25, 0.3) is 15.3 Å². The van der Waals surface area contributed by atoms with Crippen molar-refractivity contribution in [1.82, 2.24) is 0 Å². The van der Waals surface area contributed by atoms with Gasteiger partial charge >= 0.3 is 6.67 Å².